The number of ether oxygens (including phenoxy) is 1. The third-order valence-corrected chi connectivity index (χ3v) is 3.01. The van der Waals surface area contributed by atoms with Gasteiger partial charge in [0.05, 0.1) is 7.11 Å². The maximum atomic E-state index is 5.16. The molecule has 0 saturated carbocycles. The van der Waals surface area contributed by atoms with Crippen molar-refractivity contribution in [3.05, 3.63) is 53.4 Å². The molecular weight excluding hydrogens is 258 g/mol. The van der Waals surface area contributed by atoms with E-state index < -0.39 is 0 Å². The highest BCUT2D eigenvalue weighted by atomic mass is 32.1. The SMILES string of the molecule is COc1ccc(-c2nc(=S)nc3ccccn23)cc1. The van der Waals surface area contributed by atoms with Crippen LogP contribution in [0.1, 0.15) is 0 Å². The van der Waals surface area contributed by atoms with Crippen molar-refractivity contribution < 1.29 is 4.74 Å². The summed E-state index contributed by atoms with van der Waals surface area (Å²) in [7, 11) is 1.64. The lowest BCUT2D eigenvalue weighted by Gasteiger charge is -2.08. The van der Waals surface area contributed by atoms with Gasteiger partial charge in [0.15, 0.2) is 0 Å². The minimum Gasteiger partial charge on any atom is -0.497 e. The van der Waals surface area contributed by atoms with Crippen molar-refractivity contribution in [2.24, 2.45) is 0 Å². The van der Waals surface area contributed by atoms with Crippen LogP contribution < -0.4 is 4.74 Å². The van der Waals surface area contributed by atoms with Crippen molar-refractivity contribution in [1.82, 2.24) is 14.4 Å². The average molecular weight is 269 g/mol. The number of aromatic nitrogens is 3. The molecule has 0 radical (unpaired) electrons. The summed E-state index contributed by atoms with van der Waals surface area (Å²) < 4.78 is 7.41. The molecule has 0 bridgehead atoms. The zero-order valence-corrected chi connectivity index (χ0v) is 11.1. The van der Waals surface area contributed by atoms with E-state index in [-0.39, 0.29) is 0 Å². The number of rotatable bonds is 2. The van der Waals surface area contributed by atoms with Crippen molar-refractivity contribution in [3.63, 3.8) is 0 Å². The van der Waals surface area contributed by atoms with Crippen LogP contribution in [0.3, 0.4) is 0 Å². The Morgan fingerprint density at radius 2 is 1.84 bits per heavy atom. The zero-order chi connectivity index (χ0) is 13.2. The summed E-state index contributed by atoms with van der Waals surface area (Å²) in [6.07, 6.45) is 1.92. The first-order chi connectivity index (χ1) is 9.28. The second kappa shape index (κ2) is 4.78. The van der Waals surface area contributed by atoms with E-state index in [1.807, 2.05) is 53.1 Å². The first-order valence-corrected chi connectivity index (χ1v) is 6.18. The fourth-order valence-corrected chi connectivity index (χ4v) is 2.10. The molecule has 0 unspecified atom stereocenters. The first kappa shape index (κ1) is 11.8. The molecule has 0 atom stereocenters. The molecule has 0 amide bonds. The quantitative estimate of drug-likeness (QED) is 0.670. The molecule has 0 fully saturated rings. The summed E-state index contributed by atoms with van der Waals surface area (Å²) >= 11 is 5.12. The third-order valence-electron chi connectivity index (χ3n) is 2.83. The van der Waals surface area contributed by atoms with E-state index >= 15 is 0 Å². The lowest BCUT2D eigenvalue weighted by atomic mass is 10.2. The van der Waals surface area contributed by atoms with Gasteiger partial charge in [-0.3, -0.25) is 4.40 Å². The third kappa shape index (κ3) is 2.20. The Kier molecular flexibility index (Phi) is 2.97. The minimum absolute atomic E-state index is 0.344. The summed E-state index contributed by atoms with van der Waals surface area (Å²) in [6, 6.07) is 13.5. The second-order valence-corrected chi connectivity index (χ2v) is 4.35. The maximum Gasteiger partial charge on any atom is 0.223 e. The molecule has 0 aliphatic heterocycles. The van der Waals surface area contributed by atoms with Crippen molar-refractivity contribution >= 4 is 17.9 Å². The molecule has 94 valence electrons. The van der Waals surface area contributed by atoms with Crippen LogP contribution in [0, 0.1) is 4.77 Å². The van der Waals surface area contributed by atoms with Gasteiger partial charge in [0.1, 0.15) is 17.2 Å². The van der Waals surface area contributed by atoms with Crippen molar-refractivity contribution in [2.45, 2.75) is 0 Å². The van der Waals surface area contributed by atoms with E-state index in [2.05, 4.69) is 9.97 Å². The van der Waals surface area contributed by atoms with Gasteiger partial charge in [-0.2, -0.15) is 4.98 Å². The summed E-state index contributed by atoms with van der Waals surface area (Å²) in [5, 5.41) is 0. The number of hydrogen-bond donors (Lipinski definition) is 0. The molecule has 0 saturated heterocycles. The summed E-state index contributed by atoms with van der Waals surface area (Å²) in [6.45, 7) is 0. The maximum absolute atomic E-state index is 5.16. The number of benzene rings is 1. The molecule has 3 rings (SSSR count). The normalized spacial score (nSPS) is 10.6. The fraction of sp³-hybridized carbons (Fsp3) is 0.0714. The molecule has 0 spiro atoms. The molecule has 5 heteroatoms. The molecule has 0 aliphatic carbocycles. The molecule has 2 aromatic heterocycles. The highest BCUT2D eigenvalue weighted by Crippen LogP contribution is 2.20. The fourth-order valence-electron chi connectivity index (χ4n) is 1.92. The Bertz CT molecular complexity index is 781. The Morgan fingerprint density at radius 3 is 2.58 bits per heavy atom. The van der Waals surface area contributed by atoms with Crippen LogP contribution in [0.25, 0.3) is 17.0 Å². The monoisotopic (exact) mass is 269 g/mol. The smallest absolute Gasteiger partial charge is 0.223 e. The average Bonchev–Trinajstić information content (AvgIpc) is 2.46. The predicted molar refractivity (Wildman–Crippen MR) is 75.8 cm³/mol. The van der Waals surface area contributed by atoms with E-state index in [0.29, 0.717) is 4.77 Å². The Labute approximate surface area is 115 Å². The van der Waals surface area contributed by atoms with Crippen LogP contribution in [0.15, 0.2) is 48.7 Å². The summed E-state index contributed by atoms with van der Waals surface area (Å²) in [5.41, 5.74) is 1.75. The lowest BCUT2D eigenvalue weighted by Crippen LogP contribution is -2.00. The van der Waals surface area contributed by atoms with E-state index in [1.54, 1.807) is 7.11 Å². The van der Waals surface area contributed by atoms with Gasteiger partial charge in [-0.25, -0.2) is 4.98 Å². The molecule has 19 heavy (non-hydrogen) atoms. The molecule has 4 nitrogen and oxygen atoms in total. The number of pyridine rings is 1. The first-order valence-electron chi connectivity index (χ1n) is 5.78. The van der Waals surface area contributed by atoms with Gasteiger partial charge in [-0.1, -0.05) is 6.07 Å². The molecule has 2 heterocycles. The molecule has 0 aliphatic rings. The Balaban J connectivity index is 2.25. The van der Waals surface area contributed by atoms with Crippen LogP contribution >= 0.6 is 12.2 Å². The van der Waals surface area contributed by atoms with Crippen molar-refractivity contribution in [2.75, 3.05) is 7.11 Å². The van der Waals surface area contributed by atoms with Crippen LogP contribution in [-0.4, -0.2) is 21.5 Å². The topological polar surface area (TPSA) is 39.4 Å². The number of methoxy groups -OCH3 is 1. The van der Waals surface area contributed by atoms with Crippen LogP contribution in [0.4, 0.5) is 0 Å². The van der Waals surface area contributed by atoms with Gasteiger partial charge in [0, 0.05) is 11.8 Å². The molecular formula is C14H11N3OS. The highest BCUT2D eigenvalue weighted by molar-refractivity contribution is 7.71. The van der Waals surface area contributed by atoms with Crippen molar-refractivity contribution in [1.29, 1.82) is 0 Å². The van der Waals surface area contributed by atoms with Gasteiger partial charge in [-0.15, -0.1) is 0 Å². The van der Waals surface area contributed by atoms with E-state index in [4.69, 9.17) is 17.0 Å². The molecule has 3 aromatic rings. The Morgan fingerprint density at radius 1 is 1.05 bits per heavy atom. The number of hydrogen-bond acceptors (Lipinski definition) is 4. The summed E-state index contributed by atoms with van der Waals surface area (Å²) in [5.74, 6) is 1.59. The van der Waals surface area contributed by atoms with Crippen molar-refractivity contribution in [3.8, 4) is 17.1 Å². The second-order valence-electron chi connectivity index (χ2n) is 3.99. The largest absolute Gasteiger partial charge is 0.497 e. The van der Waals surface area contributed by atoms with E-state index in [1.165, 1.54) is 0 Å². The summed E-state index contributed by atoms with van der Waals surface area (Å²) in [4.78, 5) is 8.59. The van der Waals surface area contributed by atoms with E-state index in [0.717, 1.165) is 22.8 Å². The highest BCUT2D eigenvalue weighted by Gasteiger charge is 2.05. The number of nitrogens with zero attached hydrogens (tertiary/aromatic N) is 3. The van der Waals surface area contributed by atoms with Crippen LogP contribution in [-0.2, 0) is 0 Å². The van der Waals surface area contributed by atoms with Gasteiger partial charge in [0.2, 0.25) is 4.77 Å². The van der Waals surface area contributed by atoms with Crippen LogP contribution in [0.5, 0.6) is 5.75 Å². The Hall–Kier alpha value is -2.27. The zero-order valence-electron chi connectivity index (χ0n) is 10.3. The van der Waals surface area contributed by atoms with Crippen LogP contribution in [0.2, 0.25) is 0 Å². The van der Waals surface area contributed by atoms with E-state index in [9.17, 15) is 0 Å². The number of fused-ring (bicyclic) bond motifs is 1. The molecule has 1 aromatic carbocycles. The van der Waals surface area contributed by atoms with Gasteiger partial charge < -0.3 is 4.74 Å². The minimum atomic E-state index is 0.344. The molecule has 0 N–H and O–H groups in total. The van der Waals surface area contributed by atoms with Gasteiger partial charge >= 0.3 is 0 Å². The predicted octanol–water partition coefficient (Wildman–Crippen LogP) is 3.13. The van der Waals surface area contributed by atoms with Gasteiger partial charge in [0.25, 0.3) is 0 Å². The standard InChI is InChI=1S/C14H11N3OS/c1-18-11-7-5-10(6-8-11)13-16-14(19)15-12-4-2-3-9-17(12)13/h2-9H,1H3. The van der Waals surface area contributed by atoms with Gasteiger partial charge in [-0.05, 0) is 48.6 Å². The lowest BCUT2D eigenvalue weighted by molar-refractivity contribution is 0.415.